The highest BCUT2D eigenvalue weighted by atomic mass is 16.5. The molecule has 0 aromatic carbocycles. The summed E-state index contributed by atoms with van der Waals surface area (Å²) in [5.74, 6) is 1.07. The predicted octanol–water partition coefficient (Wildman–Crippen LogP) is 0.0246. The predicted molar refractivity (Wildman–Crippen MR) is 39.2 cm³/mol. The van der Waals surface area contributed by atoms with Crippen molar-refractivity contribution >= 4 is 5.84 Å². The maximum atomic E-state index is 5.14. The first-order valence-corrected chi connectivity index (χ1v) is 3.63. The second-order valence-corrected chi connectivity index (χ2v) is 3.25. The quantitative estimate of drug-likeness (QED) is 0.515. The van der Waals surface area contributed by atoms with E-state index in [-0.39, 0.29) is 0 Å². The third-order valence-corrected chi connectivity index (χ3v) is 2.19. The average Bonchev–Trinajstić information content (AvgIpc) is 1.86. The first kappa shape index (κ1) is 6.16. The summed E-state index contributed by atoms with van der Waals surface area (Å²) in [5.41, 5.74) is 0.361. The van der Waals surface area contributed by atoms with Gasteiger partial charge < -0.3 is 10.1 Å². The smallest absolute Gasteiger partial charge is 0.0932 e. The van der Waals surface area contributed by atoms with Crippen molar-refractivity contribution in [1.29, 1.82) is 0 Å². The average molecular weight is 140 g/mol. The van der Waals surface area contributed by atoms with Crippen LogP contribution in [-0.2, 0) is 4.74 Å². The SMILES string of the molecule is CC1=NCC2(CN1)COC2. The zero-order chi connectivity index (χ0) is 7.03. The highest BCUT2D eigenvalue weighted by molar-refractivity contribution is 5.80. The van der Waals surface area contributed by atoms with Gasteiger partial charge in [-0.25, -0.2) is 0 Å². The van der Waals surface area contributed by atoms with E-state index in [0.29, 0.717) is 5.41 Å². The summed E-state index contributed by atoms with van der Waals surface area (Å²) in [6.07, 6.45) is 0. The van der Waals surface area contributed by atoms with Gasteiger partial charge in [0.05, 0.1) is 31.0 Å². The largest absolute Gasteiger partial charge is 0.380 e. The third kappa shape index (κ3) is 0.814. The lowest BCUT2D eigenvalue weighted by Crippen LogP contribution is -2.55. The van der Waals surface area contributed by atoms with E-state index in [4.69, 9.17) is 4.74 Å². The molecule has 0 aromatic rings. The van der Waals surface area contributed by atoms with Gasteiger partial charge in [-0.3, -0.25) is 4.99 Å². The third-order valence-electron chi connectivity index (χ3n) is 2.19. The summed E-state index contributed by atoms with van der Waals surface area (Å²) < 4.78 is 5.14. The van der Waals surface area contributed by atoms with Crippen LogP contribution in [0.15, 0.2) is 4.99 Å². The summed E-state index contributed by atoms with van der Waals surface area (Å²) in [4.78, 5) is 4.33. The van der Waals surface area contributed by atoms with Gasteiger partial charge in [-0.1, -0.05) is 0 Å². The number of nitrogens with one attached hydrogen (secondary N) is 1. The zero-order valence-corrected chi connectivity index (χ0v) is 6.18. The molecule has 3 nitrogen and oxygen atoms in total. The molecular formula is C7H12N2O. The Kier molecular flexibility index (Phi) is 1.20. The minimum absolute atomic E-state index is 0.361. The maximum Gasteiger partial charge on any atom is 0.0932 e. The van der Waals surface area contributed by atoms with Crippen LogP contribution in [0.3, 0.4) is 0 Å². The fourth-order valence-electron chi connectivity index (χ4n) is 1.30. The Morgan fingerprint density at radius 3 is 2.80 bits per heavy atom. The Morgan fingerprint density at radius 1 is 1.60 bits per heavy atom. The van der Waals surface area contributed by atoms with Crippen LogP contribution >= 0.6 is 0 Å². The first-order chi connectivity index (χ1) is 4.81. The van der Waals surface area contributed by atoms with Crippen LogP contribution < -0.4 is 5.32 Å². The van der Waals surface area contributed by atoms with Crippen LogP contribution in [0.5, 0.6) is 0 Å². The molecule has 1 fully saturated rings. The molecule has 0 aliphatic carbocycles. The molecule has 0 bridgehead atoms. The zero-order valence-electron chi connectivity index (χ0n) is 6.18. The second-order valence-electron chi connectivity index (χ2n) is 3.25. The molecule has 0 radical (unpaired) electrons. The number of nitrogens with zero attached hydrogens (tertiary/aromatic N) is 1. The Hall–Kier alpha value is -0.570. The van der Waals surface area contributed by atoms with Crippen molar-refractivity contribution in [2.24, 2.45) is 10.4 Å². The molecule has 2 heterocycles. The summed E-state index contributed by atoms with van der Waals surface area (Å²) in [7, 11) is 0. The second kappa shape index (κ2) is 1.95. The van der Waals surface area contributed by atoms with Crippen molar-refractivity contribution in [2.45, 2.75) is 6.92 Å². The molecule has 1 saturated heterocycles. The van der Waals surface area contributed by atoms with Gasteiger partial charge in [0, 0.05) is 6.54 Å². The standard InChI is InChI=1S/C7H12N2O/c1-6-8-2-7(3-9-6)4-10-5-7/h2-5H2,1H3,(H,8,9). The Morgan fingerprint density at radius 2 is 2.40 bits per heavy atom. The number of amidine groups is 1. The molecular weight excluding hydrogens is 128 g/mol. The van der Waals surface area contributed by atoms with E-state index in [9.17, 15) is 0 Å². The number of hydrogen-bond donors (Lipinski definition) is 1. The van der Waals surface area contributed by atoms with Gasteiger partial charge >= 0.3 is 0 Å². The summed E-state index contributed by atoms with van der Waals surface area (Å²) in [5, 5.41) is 3.24. The van der Waals surface area contributed by atoms with E-state index in [2.05, 4.69) is 10.3 Å². The van der Waals surface area contributed by atoms with E-state index in [1.165, 1.54) is 0 Å². The van der Waals surface area contributed by atoms with Crippen LogP contribution in [0.2, 0.25) is 0 Å². The van der Waals surface area contributed by atoms with Crippen LogP contribution in [-0.4, -0.2) is 32.1 Å². The van der Waals surface area contributed by atoms with E-state index in [1.807, 2.05) is 6.92 Å². The molecule has 2 rings (SSSR count). The van der Waals surface area contributed by atoms with Gasteiger partial charge in [-0.2, -0.15) is 0 Å². The Bertz CT molecular complexity index is 172. The van der Waals surface area contributed by atoms with Crippen LogP contribution in [0.4, 0.5) is 0 Å². The van der Waals surface area contributed by atoms with Gasteiger partial charge in [0.2, 0.25) is 0 Å². The van der Waals surface area contributed by atoms with Gasteiger partial charge in [0.25, 0.3) is 0 Å². The number of aliphatic imine (C=N–C) groups is 1. The van der Waals surface area contributed by atoms with Gasteiger partial charge in [-0.15, -0.1) is 0 Å². The summed E-state index contributed by atoms with van der Waals surface area (Å²) >= 11 is 0. The molecule has 1 spiro atoms. The van der Waals surface area contributed by atoms with Crippen molar-refractivity contribution < 1.29 is 4.74 Å². The number of rotatable bonds is 0. The molecule has 1 N–H and O–H groups in total. The van der Waals surface area contributed by atoms with Crippen molar-refractivity contribution in [3.05, 3.63) is 0 Å². The molecule has 2 aliphatic rings. The molecule has 56 valence electrons. The van der Waals surface area contributed by atoms with Crippen molar-refractivity contribution in [1.82, 2.24) is 5.32 Å². The minimum Gasteiger partial charge on any atom is -0.380 e. The molecule has 3 heteroatoms. The van der Waals surface area contributed by atoms with Crippen molar-refractivity contribution in [3.63, 3.8) is 0 Å². The normalized spacial score (nSPS) is 28.7. The molecule has 2 aliphatic heterocycles. The lowest BCUT2D eigenvalue weighted by Gasteiger charge is -2.42. The van der Waals surface area contributed by atoms with Crippen molar-refractivity contribution in [3.8, 4) is 0 Å². The van der Waals surface area contributed by atoms with Crippen LogP contribution in [0.25, 0.3) is 0 Å². The lowest BCUT2D eigenvalue weighted by molar-refractivity contribution is -0.104. The van der Waals surface area contributed by atoms with E-state index >= 15 is 0 Å². The first-order valence-electron chi connectivity index (χ1n) is 3.63. The van der Waals surface area contributed by atoms with Crippen molar-refractivity contribution in [2.75, 3.05) is 26.3 Å². The highest BCUT2D eigenvalue weighted by Gasteiger charge is 2.39. The van der Waals surface area contributed by atoms with E-state index in [1.54, 1.807) is 0 Å². The van der Waals surface area contributed by atoms with Gasteiger partial charge in [0.1, 0.15) is 0 Å². The Labute approximate surface area is 60.5 Å². The van der Waals surface area contributed by atoms with Gasteiger partial charge in [0.15, 0.2) is 0 Å². The minimum atomic E-state index is 0.361. The molecule has 0 unspecified atom stereocenters. The Balaban J connectivity index is 2.04. The molecule has 0 atom stereocenters. The molecule has 0 aromatic heterocycles. The van der Waals surface area contributed by atoms with Gasteiger partial charge in [-0.05, 0) is 6.92 Å². The summed E-state index contributed by atoms with van der Waals surface area (Å²) in [6, 6.07) is 0. The molecule has 0 saturated carbocycles. The summed E-state index contributed by atoms with van der Waals surface area (Å²) in [6.45, 7) is 5.77. The topological polar surface area (TPSA) is 33.6 Å². The van der Waals surface area contributed by atoms with Crippen LogP contribution in [0.1, 0.15) is 6.92 Å². The van der Waals surface area contributed by atoms with E-state index < -0.39 is 0 Å². The fourth-order valence-corrected chi connectivity index (χ4v) is 1.30. The maximum absolute atomic E-state index is 5.14. The monoisotopic (exact) mass is 140 g/mol. The number of hydrogen-bond acceptors (Lipinski definition) is 3. The lowest BCUT2D eigenvalue weighted by atomic mass is 9.85. The van der Waals surface area contributed by atoms with E-state index in [0.717, 1.165) is 32.1 Å². The van der Waals surface area contributed by atoms with Crippen LogP contribution in [0, 0.1) is 5.41 Å². The highest BCUT2D eigenvalue weighted by Crippen LogP contribution is 2.28. The number of ether oxygens (including phenoxy) is 1. The molecule has 0 amide bonds. The molecule has 10 heavy (non-hydrogen) atoms. The fraction of sp³-hybridized carbons (Fsp3) is 0.857.